The van der Waals surface area contributed by atoms with Crippen molar-refractivity contribution in [1.29, 1.82) is 0 Å². The zero-order chi connectivity index (χ0) is 20.6. The normalized spacial score (nSPS) is 18.0. The van der Waals surface area contributed by atoms with E-state index in [0.717, 1.165) is 0 Å². The number of hydrogen-bond donors (Lipinski definition) is 2. The van der Waals surface area contributed by atoms with Crippen LogP contribution in [0, 0.1) is 11.7 Å². The Bertz CT molecular complexity index is 1230. The van der Waals surface area contributed by atoms with E-state index >= 15 is 0 Å². The summed E-state index contributed by atoms with van der Waals surface area (Å²) >= 11 is 0. The highest BCUT2D eigenvalue weighted by atomic mass is 32.2. The first-order valence-corrected chi connectivity index (χ1v) is 10.5. The van der Waals surface area contributed by atoms with Gasteiger partial charge in [-0.1, -0.05) is 6.07 Å². The number of sulfonamides is 1. The lowest BCUT2D eigenvalue weighted by Gasteiger charge is -2.31. The third kappa shape index (κ3) is 3.94. The summed E-state index contributed by atoms with van der Waals surface area (Å²) < 4.78 is 45.5. The highest BCUT2D eigenvalue weighted by molar-refractivity contribution is 7.89. The molecule has 0 radical (unpaired) electrons. The summed E-state index contributed by atoms with van der Waals surface area (Å²) in [4.78, 5) is 26.3. The second-order valence-electron chi connectivity index (χ2n) is 6.87. The highest BCUT2D eigenvalue weighted by Crippen LogP contribution is 2.26. The molecule has 1 amide bonds. The lowest BCUT2D eigenvalue weighted by molar-refractivity contribution is -0.120. The van der Waals surface area contributed by atoms with E-state index in [1.807, 2.05) is 0 Å². The van der Waals surface area contributed by atoms with Crippen molar-refractivity contribution in [2.45, 2.75) is 17.7 Å². The van der Waals surface area contributed by atoms with E-state index in [9.17, 15) is 22.4 Å². The maximum atomic E-state index is 13.3. The Hall–Kier alpha value is -2.98. The standard InChI is InChI=1S/C19H18FN3O5S/c20-13-4-1-5-14(9-13)21-18(24)12-3-2-8-23(11-12)29(26,27)15-6-7-16-17(10-15)28-19(25)22-16/h1,4-7,9-10,12H,2-3,8,11H2,(H,21,24)(H,22,25)/t12-/m0/s1. The van der Waals surface area contributed by atoms with Gasteiger partial charge in [0.2, 0.25) is 15.9 Å². The number of aromatic amines is 1. The largest absolute Gasteiger partial charge is 0.417 e. The summed E-state index contributed by atoms with van der Waals surface area (Å²) in [5, 5.41) is 2.64. The molecule has 152 valence electrons. The zero-order valence-corrected chi connectivity index (χ0v) is 16.0. The molecule has 0 bridgehead atoms. The predicted molar refractivity (Wildman–Crippen MR) is 103 cm³/mol. The molecule has 1 aliphatic heterocycles. The van der Waals surface area contributed by atoms with Crippen molar-refractivity contribution < 1.29 is 22.0 Å². The highest BCUT2D eigenvalue weighted by Gasteiger charge is 2.33. The van der Waals surface area contributed by atoms with Crippen LogP contribution in [0.1, 0.15) is 12.8 Å². The van der Waals surface area contributed by atoms with E-state index in [4.69, 9.17) is 4.42 Å². The van der Waals surface area contributed by atoms with Crippen molar-refractivity contribution >= 4 is 32.7 Å². The quantitative estimate of drug-likeness (QED) is 0.674. The molecule has 4 rings (SSSR count). The molecule has 1 aromatic heterocycles. The third-order valence-corrected chi connectivity index (χ3v) is 6.74. The number of hydrogen-bond acceptors (Lipinski definition) is 5. The fraction of sp³-hybridized carbons (Fsp3) is 0.263. The molecule has 0 spiro atoms. The molecule has 0 aliphatic carbocycles. The molecule has 2 aromatic carbocycles. The van der Waals surface area contributed by atoms with Crippen molar-refractivity contribution in [1.82, 2.24) is 9.29 Å². The van der Waals surface area contributed by atoms with Crippen LogP contribution in [0.4, 0.5) is 10.1 Å². The SMILES string of the molecule is O=C(Nc1cccc(F)c1)[C@H]1CCCN(S(=O)(=O)c2ccc3[nH]c(=O)oc3c2)C1. The van der Waals surface area contributed by atoms with E-state index in [1.54, 1.807) is 6.07 Å². The maximum Gasteiger partial charge on any atom is 0.417 e. The monoisotopic (exact) mass is 419 g/mol. The van der Waals surface area contributed by atoms with Gasteiger partial charge in [-0.15, -0.1) is 0 Å². The van der Waals surface area contributed by atoms with Gasteiger partial charge in [-0.2, -0.15) is 4.31 Å². The number of H-pyrrole nitrogens is 1. The van der Waals surface area contributed by atoms with Gasteiger partial charge in [-0.05, 0) is 43.2 Å². The van der Waals surface area contributed by atoms with Gasteiger partial charge in [0.05, 0.1) is 16.3 Å². The van der Waals surface area contributed by atoms with Crippen LogP contribution in [-0.2, 0) is 14.8 Å². The lowest BCUT2D eigenvalue weighted by atomic mass is 9.99. The number of nitrogens with zero attached hydrogens (tertiary/aromatic N) is 1. The molecule has 0 unspecified atom stereocenters. The van der Waals surface area contributed by atoms with Gasteiger partial charge >= 0.3 is 5.76 Å². The summed E-state index contributed by atoms with van der Waals surface area (Å²) in [6.45, 7) is 0.291. The van der Waals surface area contributed by atoms with Gasteiger partial charge < -0.3 is 9.73 Å². The smallest absolute Gasteiger partial charge is 0.408 e. The second kappa shape index (κ2) is 7.45. The van der Waals surface area contributed by atoms with Crippen molar-refractivity contribution in [3.05, 3.63) is 58.8 Å². The second-order valence-corrected chi connectivity index (χ2v) is 8.81. The summed E-state index contributed by atoms with van der Waals surface area (Å²) in [7, 11) is -3.87. The molecular formula is C19H18FN3O5S. The number of aromatic nitrogens is 1. The van der Waals surface area contributed by atoms with E-state index in [-0.39, 0.29) is 29.5 Å². The zero-order valence-electron chi connectivity index (χ0n) is 15.2. The Balaban J connectivity index is 1.53. The minimum Gasteiger partial charge on any atom is -0.408 e. The molecular weight excluding hydrogens is 401 g/mol. The molecule has 1 atom stereocenters. The molecule has 2 N–H and O–H groups in total. The number of nitrogens with one attached hydrogen (secondary N) is 2. The number of oxazole rings is 1. The van der Waals surface area contributed by atoms with Crippen molar-refractivity contribution in [2.24, 2.45) is 5.92 Å². The van der Waals surface area contributed by atoms with Gasteiger partial charge in [-0.3, -0.25) is 9.78 Å². The first-order valence-electron chi connectivity index (χ1n) is 9.02. The Morgan fingerprint density at radius 1 is 1.24 bits per heavy atom. The number of halogens is 1. The summed E-state index contributed by atoms with van der Waals surface area (Å²) in [5.41, 5.74) is 0.872. The molecule has 1 aliphatic rings. The molecule has 2 heterocycles. The Labute approximate surface area is 165 Å². The van der Waals surface area contributed by atoms with Crippen molar-refractivity contribution in [3.63, 3.8) is 0 Å². The van der Waals surface area contributed by atoms with Gasteiger partial charge in [0.1, 0.15) is 5.82 Å². The maximum absolute atomic E-state index is 13.3. The van der Waals surface area contributed by atoms with E-state index in [2.05, 4.69) is 10.3 Å². The van der Waals surface area contributed by atoms with Gasteiger partial charge in [0.25, 0.3) is 0 Å². The third-order valence-electron chi connectivity index (χ3n) is 4.88. The first-order chi connectivity index (χ1) is 13.8. The van der Waals surface area contributed by atoms with Crippen LogP contribution >= 0.6 is 0 Å². The van der Waals surface area contributed by atoms with Crippen LogP contribution < -0.4 is 11.1 Å². The fourth-order valence-corrected chi connectivity index (χ4v) is 4.96. The number of piperidine rings is 1. The Morgan fingerprint density at radius 2 is 2.07 bits per heavy atom. The van der Waals surface area contributed by atoms with Gasteiger partial charge in [-0.25, -0.2) is 17.6 Å². The van der Waals surface area contributed by atoms with Crippen LogP contribution in [0.15, 0.2) is 56.6 Å². The minimum atomic E-state index is -3.87. The Morgan fingerprint density at radius 3 is 2.86 bits per heavy atom. The molecule has 10 heteroatoms. The molecule has 3 aromatic rings. The van der Waals surface area contributed by atoms with Crippen LogP contribution in [0.5, 0.6) is 0 Å². The minimum absolute atomic E-state index is 0.0125. The predicted octanol–water partition coefficient (Wildman–Crippen LogP) is 2.30. The molecule has 29 heavy (non-hydrogen) atoms. The molecule has 0 saturated carbocycles. The number of benzene rings is 2. The average molecular weight is 419 g/mol. The van der Waals surface area contributed by atoms with Crippen LogP contribution in [0.3, 0.4) is 0 Å². The fourth-order valence-electron chi connectivity index (χ4n) is 3.42. The number of amides is 1. The van der Waals surface area contributed by atoms with Crippen molar-refractivity contribution in [3.8, 4) is 0 Å². The molecule has 8 nitrogen and oxygen atoms in total. The summed E-state index contributed by atoms with van der Waals surface area (Å²) in [6, 6.07) is 9.67. The number of anilines is 1. The molecule has 1 saturated heterocycles. The summed E-state index contributed by atoms with van der Waals surface area (Å²) in [5.74, 6) is -2.05. The van der Waals surface area contributed by atoms with Crippen LogP contribution in [0.25, 0.3) is 11.1 Å². The number of rotatable bonds is 4. The van der Waals surface area contributed by atoms with Crippen molar-refractivity contribution in [2.75, 3.05) is 18.4 Å². The van der Waals surface area contributed by atoms with Crippen LogP contribution in [0.2, 0.25) is 0 Å². The van der Waals surface area contributed by atoms with E-state index in [1.165, 1.54) is 40.7 Å². The topological polar surface area (TPSA) is 112 Å². The molecule has 1 fully saturated rings. The number of carbonyl (C=O) groups excluding carboxylic acids is 1. The van der Waals surface area contributed by atoms with Crippen LogP contribution in [-0.4, -0.2) is 36.7 Å². The Kier molecular flexibility index (Phi) is 4.97. The number of carbonyl (C=O) groups is 1. The lowest BCUT2D eigenvalue weighted by Crippen LogP contribution is -2.43. The average Bonchev–Trinajstić information content (AvgIpc) is 3.07. The van der Waals surface area contributed by atoms with Gasteiger partial charge in [0.15, 0.2) is 5.58 Å². The number of fused-ring (bicyclic) bond motifs is 1. The van der Waals surface area contributed by atoms with E-state index < -0.39 is 27.5 Å². The first kappa shape index (κ1) is 19.3. The van der Waals surface area contributed by atoms with Gasteiger partial charge in [0, 0.05) is 24.8 Å². The summed E-state index contributed by atoms with van der Waals surface area (Å²) in [6.07, 6.45) is 1.04. The van der Waals surface area contributed by atoms with E-state index in [0.29, 0.717) is 24.0 Å².